The minimum atomic E-state index is -0.551. The summed E-state index contributed by atoms with van der Waals surface area (Å²) in [7, 11) is 0. The quantitative estimate of drug-likeness (QED) is 0.710. The van der Waals surface area contributed by atoms with Crippen molar-refractivity contribution in [1.29, 1.82) is 0 Å². The Hall–Kier alpha value is -0.710. The van der Waals surface area contributed by atoms with Gasteiger partial charge in [0.25, 0.3) is 0 Å². The molecule has 0 heterocycles. The van der Waals surface area contributed by atoms with Crippen molar-refractivity contribution >= 4 is 5.78 Å². The molecule has 19 heavy (non-hydrogen) atoms. The van der Waals surface area contributed by atoms with E-state index in [4.69, 9.17) is 0 Å². The van der Waals surface area contributed by atoms with E-state index < -0.39 is 11.5 Å². The Bertz CT molecular complexity index is 390. The zero-order chi connectivity index (χ0) is 14.2. The van der Waals surface area contributed by atoms with Crippen LogP contribution in [0.2, 0.25) is 0 Å². The molecule has 5 unspecified atom stereocenters. The molecule has 0 bridgehead atoms. The maximum Gasteiger partial charge on any atom is 0.156 e. The first-order valence-electron chi connectivity index (χ1n) is 7.05. The maximum absolute atomic E-state index is 11.8. The largest absolute Gasteiger partial charge is 0.396 e. The summed E-state index contributed by atoms with van der Waals surface area (Å²) in [5.74, 6) is 0.409. The van der Waals surface area contributed by atoms with Crippen LogP contribution in [-0.4, -0.2) is 40.4 Å². The van der Waals surface area contributed by atoms with Gasteiger partial charge in [-0.3, -0.25) is 4.79 Å². The van der Waals surface area contributed by atoms with E-state index in [9.17, 15) is 20.1 Å². The Morgan fingerprint density at radius 1 is 1.42 bits per heavy atom. The lowest BCUT2D eigenvalue weighted by Crippen LogP contribution is -2.50. The lowest BCUT2D eigenvalue weighted by Gasteiger charge is -2.51. The molecule has 0 aliphatic heterocycles. The van der Waals surface area contributed by atoms with E-state index in [1.807, 2.05) is 13.8 Å². The zero-order valence-corrected chi connectivity index (χ0v) is 11.7. The van der Waals surface area contributed by atoms with Gasteiger partial charge in [-0.2, -0.15) is 0 Å². The molecule has 108 valence electrons. The molecule has 2 rings (SSSR count). The molecule has 5 atom stereocenters. The molecule has 0 saturated heterocycles. The molecular formula is C15H24O4. The number of fused-ring (bicyclic) bond motifs is 1. The van der Waals surface area contributed by atoms with Crippen molar-refractivity contribution < 1.29 is 20.1 Å². The summed E-state index contributed by atoms with van der Waals surface area (Å²) >= 11 is 0. The summed E-state index contributed by atoms with van der Waals surface area (Å²) in [6.07, 6.45) is 2.80. The molecule has 3 N–H and O–H groups in total. The number of allylic oxidation sites excluding steroid dienone is 1. The minimum absolute atomic E-state index is 0.00416. The summed E-state index contributed by atoms with van der Waals surface area (Å²) in [6, 6.07) is 0. The van der Waals surface area contributed by atoms with Gasteiger partial charge in [0.15, 0.2) is 5.78 Å². The second-order valence-electron chi connectivity index (χ2n) is 6.49. The number of aliphatic hydroxyl groups is 3. The fraction of sp³-hybridized carbons (Fsp3) is 0.800. The average Bonchev–Trinajstić information content (AvgIpc) is 2.38. The van der Waals surface area contributed by atoms with Crippen molar-refractivity contribution in [2.45, 2.75) is 39.2 Å². The second-order valence-corrected chi connectivity index (χ2v) is 6.49. The predicted octanol–water partition coefficient (Wildman–Crippen LogP) is 0.900. The molecular weight excluding hydrogens is 244 g/mol. The van der Waals surface area contributed by atoms with E-state index in [2.05, 4.69) is 0 Å². The zero-order valence-electron chi connectivity index (χ0n) is 11.7. The van der Waals surface area contributed by atoms with Crippen LogP contribution in [0.3, 0.4) is 0 Å². The molecule has 2 aliphatic rings. The van der Waals surface area contributed by atoms with Gasteiger partial charge in [-0.15, -0.1) is 0 Å². The van der Waals surface area contributed by atoms with Gasteiger partial charge >= 0.3 is 0 Å². The number of carbonyl (C=O) groups is 1. The number of ketones is 1. The van der Waals surface area contributed by atoms with Gasteiger partial charge in [-0.1, -0.05) is 13.8 Å². The van der Waals surface area contributed by atoms with Crippen molar-refractivity contribution in [3.63, 3.8) is 0 Å². The lowest BCUT2D eigenvalue weighted by atomic mass is 9.55. The van der Waals surface area contributed by atoms with E-state index in [1.54, 1.807) is 6.08 Å². The lowest BCUT2D eigenvalue weighted by molar-refractivity contribution is -0.127. The van der Waals surface area contributed by atoms with Crippen molar-refractivity contribution in [3.05, 3.63) is 11.6 Å². The topological polar surface area (TPSA) is 77.8 Å². The van der Waals surface area contributed by atoms with Crippen LogP contribution in [-0.2, 0) is 4.79 Å². The molecule has 0 spiro atoms. The highest BCUT2D eigenvalue weighted by Crippen LogP contribution is 2.52. The summed E-state index contributed by atoms with van der Waals surface area (Å²) in [4.78, 5) is 11.8. The smallest absolute Gasteiger partial charge is 0.156 e. The molecule has 1 fully saturated rings. The Labute approximate surface area is 114 Å². The van der Waals surface area contributed by atoms with E-state index in [-0.39, 0.29) is 36.8 Å². The molecule has 4 nitrogen and oxygen atoms in total. The maximum atomic E-state index is 11.8. The van der Waals surface area contributed by atoms with Crippen molar-refractivity contribution in [2.75, 3.05) is 13.2 Å². The molecule has 0 radical (unpaired) electrons. The Kier molecular flexibility index (Phi) is 4.14. The minimum Gasteiger partial charge on any atom is -0.396 e. The number of hydrogen-bond donors (Lipinski definition) is 3. The van der Waals surface area contributed by atoms with E-state index in [1.165, 1.54) is 0 Å². The average molecular weight is 268 g/mol. The summed E-state index contributed by atoms with van der Waals surface area (Å²) in [5, 5.41) is 29.2. The Balaban J connectivity index is 2.30. The van der Waals surface area contributed by atoms with Gasteiger partial charge in [0.05, 0.1) is 12.7 Å². The molecule has 4 heteroatoms. The standard InChI is InChI=1S/C15H24O4/c1-9(7-16)10-4-13-11(8-17)3-12(18)6-15(13,2)14(19)5-10/h3,9-10,13-14,16-17,19H,4-8H2,1-2H3. The molecule has 2 aliphatic carbocycles. The van der Waals surface area contributed by atoms with Gasteiger partial charge in [-0.05, 0) is 42.2 Å². The van der Waals surface area contributed by atoms with E-state index >= 15 is 0 Å². The first-order chi connectivity index (χ1) is 8.92. The highest BCUT2D eigenvalue weighted by Gasteiger charge is 2.50. The van der Waals surface area contributed by atoms with Crippen LogP contribution in [0.25, 0.3) is 0 Å². The monoisotopic (exact) mass is 268 g/mol. The van der Waals surface area contributed by atoms with Crippen molar-refractivity contribution in [1.82, 2.24) is 0 Å². The van der Waals surface area contributed by atoms with Crippen molar-refractivity contribution in [2.24, 2.45) is 23.2 Å². The van der Waals surface area contributed by atoms with Crippen LogP contribution in [0.15, 0.2) is 11.6 Å². The first-order valence-corrected chi connectivity index (χ1v) is 7.05. The fourth-order valence-corrected chi connectivity index (χ4v) is 3.78. The van der Waals surface area contributed by atoms with Gasteiger partial charge in [-0.25, -0.2) is 0 Å². The molecule has 0 aromatic carbocycles. The molecule has 1 saturated carbocycles. The summed E-state index contributed by atoms with van der Waals surface area (Å²) in [6.45, 7) is 3.91. The van der Waals surface area contributed by atoms with E-state index in [0.29, 0.717) is 12.8 Å². The second kappa shape index (κ2) is 5.35. The third-order valence-electron chi connectivity index (χ3n) is 5.25. The summed E-state index contributed by atoms with van der Waals surface area (Å²) < 4.78 is 0. The van der Waals surface area contributed by atoms with Crippen LogP contribution in [0.4, 0.5) is 0 Å². The normalized spacial score (nSPS) is 40.6. The number of carbonyl (C=O) groups excluding carboxylic acids is 1. The van der Waals surface area contributed by atoms with Crippen LogP contribution in [0.1, 0.15) is 33.1 Å². The van der Waals surface area contributed by atoms with E-state index in [0.717, 1.165) is 12.0 Å². The first kappa shape index (κ1) is 14.7. The van der Waals surface area contributed by atoms with Crippen molar-refractivity contribution in [3.8, 4) is 0 Å². The number of aliphatic hydroxyl groups excluding tert-OH is 3. The Morgan fingerprint density at radius 3 is 2.68 bits per heavy atom. The molecule has 0 aromatic heterocycles. The van der Waals surface area contributed by atoms with Crippen LogP contribution in [0, 0.1) is 23.2 Å². The third kappa shape index (κ3) is 2.49. The van der Waals surface area contributed by atoms with Gasteiger partial charge in [0, 0.05) is 18.4 Å². The number of hydrogen-bond acceptors (Lipinski definition) is 4. The highest BCUT2D eigenvalue weighted by molar-refractivity contribution is 5.92. The summed E-state index contributed by atoms with van der Waals surface area (Å²) in [5.41, 5.74) is 0.280. The third-order valence-corrected chi connectivity index (χ3v) is 5.25. The predicted molar refractivity (Wildman–Crippen MR) is 71.4 cm³/mol. The van der Waals surface area contributed by atoms with Gasteiger partial charge < -0.3 is 15.3 Å². The Morgan fingerprint density at radius 2 is 2.11 bits per heavy atom. The molecule has 0 aromatic rings. The fourth-order valence-electron chi connectivity index (χ4n) is 3.78. The van der Waals surface area contributed by atoms with Gasteiger partial charge in [0.1, 0.15) is 0 Å². The highest BCUT2D eigenvalue weighted by atomic mass is 16.3. The van der Waals surface area contributed by atoms with Crippen LogP contribution in [0.5, 0.6) is 0 Å². The van der Waals surface area contributed by atoms with Crippen LogP contribution < -0.4 is 0 Å². The molecule has 0 amide bonds. The van der Waals surface area contributed by atoms with Gasteiger partial charge in [0.2, 0.25) is 0 Å². The SMILES string of the molecule is CC(CO)C1CC(O)C2(C)CC(=O)C=C(CO)C2C1. The number of rotatable bonds is 3. The van der Waals surface area contributed by atoms with Crippen LogP contribution >= 0.6 is 0 Å².